The smallest absolute Gasteiger partial charge is 0.257 e. The molecule has 1 aromatic carbocycles. The van der Waals surface area contributed by atoms with E-state index in [1.54, 1.807) is 6.07 Å². The zero-order chi connectivity index (χ0) is 20.4. The summed E-state index contributed by atoms with van der Waals surface area (Å²) in [6.07, 6.45) is 4.11. The number of halogens is 2. The van der Waals surface area contributed by atoms with Crippen molar-refractivity contribution in [1.82, 2.24) is 14.7 Å². The van der Waals surface area contributed by atoms with Gasteiger partial charge in [0.2, 0.25) is 0 Å². The summed E-state index contributed by atoms with van der Waals surface area (Å²) in [4.78, 5) is 15.5. The molecular formula is C22H29Cl2N3O. The zero-order valence-electron chi connectivity index (χ0n) is 17.1. The molecule has 0 bridgehead atoms. The van der Waals surface area contributed by atoms with Crippen molar-refractivity contribution >= 4 is 29.1 Å². The molecule has 0 atom stereocenters. The van der Waals surface area contributed by atoms with E-state index in [0.29, 0.717) is 16.0 Å². The van der Waals surface area contributed by atoms with Crippen LogP contribution < -0.4 is 0 Å². The highest BCUT2D eigenvalue weighted by molar-refractivity contribution is 6.42. The average molecular weight is 422 g/mol. The van der Waals surface area contributed by atoms with E-state index in [2.05, 4.69) is 27.7 Å². The first-order chi connectivity index (χ1) is 13.3. The molecule has 0 unspecified atom stereocenters. The van der Waals surface area contributed by atoms with Crippen molar-refractivity contribution in [2.75, 3.05) is 13.1 Å². The Hall–Kier alpha value is -1.52. The summed E-state index contributed by atoms with van der Waals surface area (Å²) in [6.45, 7) is 10.2. The Labute approximate surface area is 177 Å². The van der Waals surface area contributed by atoms with Crippen LogP contribution in [0.4, 0.5) is 0 Å². The maximum Gasteiger partial charge on any atom is 0.257 e. The highest BCUT2D eigenvalue weighted by atomic mass is 35.5. The fraction of sp³-hybridized carbons (Fsp3) is 0.545. The van der Waals surface area contributed by atoms with E-state index < -0.39 is 0 Å². The van der Waals surface area contributed by atoms with Gasteiger partial charge in [0.25, 0.3) is 5.91 Å². The van der Waals surface area contributed by atoms with E-state index in [9.17, 15) is 4.79 Å². The standard InChI is InChI=1S/C22H29Cl2N3O/c1-14(2)12-19-20(22(28)26-10-6-5-7-11-26)21(15(3)4)27(25-19)16-8-9-17(23)18(24)13-16/h8-9,13-15H,5-7,10-12H2,1-4H3. The molecule has 0 spiro atoms. The number of aromatic nitrogens is 2. The third-order valence-corrected chi connectivity index (χ3v) is 5.89. The molecule has 2 aromatic rings. The van der Waals surface area contributed by atoms with Crippen LogP contribution >= 0.6 is 23.2 Å². The molecule has 4 nitrogen and oxygen atoms in total. The van der Waals surface area contributed by atoms with Gasteiger partial charge in [0.1, 0.15) is 0 Å². The normalized spacial score (nSPS) is 14.9. The number of carbonyl (C=O) groups excluding carboxylic acids is 1. The average Bonchev–Trinajstić information content (AvgIpc) is 3.02. The van der Waals surface area contributed by atoms with Crippen molar-refractivity contribution < 1.29 is 4.79 Å². The quantitative estimate of drug-likeness (QED) is 0.582. The summed E-state index contributed by atoms with van der Waals surface area (Å²) in [6, 6.07) is 5.50. The SMILES string of the molecule is CC(C)Cc1nn(-c2ccc(Cl)c(Cl)c2)c(C(C)C)c1C(=O)N1CCCCC1. The van der Waals surface area contributed by atoms with Gasteiger partial charge >= 0.3 is 0 Å². The monoisotopic (exact) mass is 421 g/mol. The molecular weight excluding hydrogens is 393 g/mol. The molecule has 152 valence electrons. The maximum absolute atomic E-state index is 13.5. The predicted molar refractivity (Wildman–Crippen MR) is 116 cm³/mol. The molecule has 1 aliphatic rings. The Morgan fingerprint density at radius 1 is 1.07 bits per heavy atom. The number of carbonyl (C=O) groups is 1. The van der Waals surface area contributed by atoms with Crippen LogP contribution in [0.1, 0.15) is 74.6 Å². The molecule has 1 fully saturated rings. The number of likely N-dealkylation sites (tertiary alicyclic amines) is 1. The van der Waals surface area contributed by atoms with Crippen LogP contribution in [-0.4, -0.2) is 33.7 Å². The summed E-state index contributed by atoms with van der Waals surface area (Å²) in [5.41, 5.74) is 3.43. The van der Waals surface area contributed by atoms with Gasteiger partial charge in [-0.2, -0.15) is 5.10 Å². The molecule has 0 aliphatic carbocycles. The number of piperidine rings is 1. The van der Waals surface area contributed by atoms with Crippen LogP contribution in [0.5, 0.6) is 0 Å². The summed E-state index contributed by atoms with van der Waals surface area (Å²) in [7, 11) is 0. The van der Waals surface area contributed by atoms with E-state index in [1.165, 1.54) is 6.42 Å². The van der Waals surface area contributed by atoms with Gasteiger partial charge in [-0.05, 0) is 55.7 Å². The topological polar surface area (TPSA) is 38.1 Å². The fourth-order valence-electron chi connectivity index (χ4n) is 3.84. The molecule has 0 radical (unpaired) electrons. The van der Waals surface area contributed by atoms with Gasteiger partial charge in [-0.3, -0.25) is 4.79 Å². The third-order valence-electron chi connectivity index (χ3n) is 5.15. The molecule has 2 heterocycles. The van der Waals surface area contributed by atoms with Crippen LogP contribution in [-0.2, 0) is 6.42 Å². The molecule has 0 saturated carbocycles. The zero-order valence-corrected chi connectivity index (χ0v) is 18.6. The number of nitrogens with zero attached hydrogens (tertiary/aromatic N) is 3. The van der Waals surface area contributed by atoms with Crippen molar-refractivity contribution in [3.63, 3.8) is 0 Å². The van der Waals surface area contributed by atoms with E-state index in [-0.39, 0.29) is 11.8 Å². The summed E-state index contributed by atoms with van der Waals surface area (Å²) in [5, 5.41) is 5.89. The predicted octanol–water partition coefficient (Wildman–Crippen LogP) is 6.13. The van der Waals surface area contributed by atoms with Crippen molar-refractivity contribution in [3.05, 3.63) is 45.2 Å². The lowest BCUT2D eigenvalue weighted by molar-refractivity contribution is 0.0721. The van der Waals surface area contributed by atoms with Crippen LogP contribution in [0, 0.1) is 5.92 Å². The number of benzene rings is 1. The lowest BCUT2D eigenvalue weighted by Gasteiger charge is -2.27. The summed E-state index contributed by atoms with van der Waals surface area (Å²) in [5.74, 6) is 0.669. The van der Waals surface area contributed by atoms with Crippen molar-refractivity contribution in [3.8, 4) is 5.69 Å². The van der Waals surface area contributed by atoms with Gasteiger partial charge in [0.05, 0.1) is 32.7 Å². The lowest BCUT2D eigenvalue weighted by atomic mass is 9.97. The highest BCUT2D eigenvalue weighted by Gasteiger charge is 2.30. The Morgan fingerprint density at radius 2 is 1.75 bits per heavy atom. The van der Waals surface area contributed by atoms with E-state index >= 15 is 0 Å². The van der Waals surface area contributed by atoms with Crippen LogP contribution in [0.25, 0.3) is 5.69 Å². The number of hydrogen-bond donors (Lipinski definition) is 0. The summed E-state index contributed by atoms with van der Waals surface area (Å²) >= 11 is 12.4. The Balaban J connectivity index is 2.16. The second-order valence-corrected chi connectivity index (χ2v) is 9.14. The van der Waals surface area contributed by atoms with Gasteiger partial charge in [-0.1, -0.05) is 50.9 Å². The Morgan fingerprint density at radius 3 is 2.32 bits per heavy atom. The van der Waals surface area contributed by atoms with Crippen molar-refractivity contribution in [1.29, 1.82) is 0 Å². The Bertz CT molecular complexity index is 852. The molecule has 6 heteroatoms. The van der Waals surface area contributed by atoms with Gasteiger partial charge < -0.3 is 4.90 Å². The molecule has 3 rings (SSSR count). The number of amides is 1. The minimum Gasteiger partial charge on any atom is -0.339 e. The van der Waals surface area contributed by atoms with Gasteiger partial charge in [0, 0.05) is 13.1 Å². The first-order valence-corrected chi connectivity index (χ1v) is 10.9. The first kappa shape index (κ1) is 21.2. The number of hydrogen-bond acceptors (Lipinski definition) is 2. The maximum atomic E-state index is 13.5. The van der Waals surface area contributed by atoms with Gasteiger partial charge in [-0.15, -0.1) is 0 Å². The van der Waals surface area contributed by atoms with E-state index in [1.807, 2.05) is 21.7 Å². The van der Waals surface area contributed by atoms with Crippen LogP contribution in [0.3, 0.4) is 0 Å². The first-order valence-electron chi connectivity index (χ1n) is 10.2. The molecule has 1 aliphatic heterocycles. The molecule has 1 aromatic heterocycles. The van der Waals surface area contributed by atoms with E-state index in [4.69, 9.17) is 28.3 Å². The van der Waals surface area contributed by atoms with Crippen molar-refractivity contribution in [2.24, 2.45) is 5.92 Å². The molecule has 1 saturated heterocycles. The fourth-order valence-corrected chi connectivity index (χ4v) is 4.14. The lowest BCUT2D eigenvalue weighted by Crippen LogP contribution is -2.36. The number of rotatable bonds is 5. The molecule has 0 N–H and O–H groups in total. The summed E-state index contributed by atoms with van der Waals surface area (Å²) < 4.78 is 1.89. The third kappa shape index (κ3) is 4.38. The minimum absolute atomic E-state index is 0.116. The molecule has 28 heavy (non-hydrogen) atoms. The largest absolute Gasteiger partial charge is 0.339 e. The van der Waals surface area contributed by atoms with Crippen LogP contribution in [0.15, 0.2) is 18.2 Å². The van der Waals surface area contributed by atoms with Crippen LogP contribution in [0.2, 0.25) is 10.0 Å². The molecule has 1 amide bonds. The second kappa shape index (κ2) is 8.87. The van der Waals surface area contributed by atoms with Crippen molar-refractivity contribution in [2.45, 2.75) is 59.3 Å². The van der Waals surface area contributed by atoms with E-state index in [0.717, 1.165) is 55.0 Å². The van der Waals surface area contributed by atoms with Gasteiger partial charge in [0.15, 0.2) is 0 Å². The van der Waals surface area contributed by atoms with Gasteiger partial charge in [-0.25, -0.2) is 4.68 Å². The highest BCUT2D eigenvalue weighted by Crippen LogP contribution is 2.31. The minimum atomic E-state index is 0.116. The second-order valence-electron chi connectivity index (χ2n) is 8.32. The Kier molecular flexibility index (Phi) is 6.72.